The quantitative estimate of drug-likeness (QED) is 0.333. The van der Waals surface area contributed by atoms with Crippen LogP contribution in [-0.4, -0.2) is 12.1 Å². The Hall–Kier alpha value is -0.790. The molecule has 2 heteroatoms. The summed E-state index contributed by atoms with van der Waals surface area (Å²) in [6.45, 7) is 7.98. The summed E-state index contributed by atoms with van der Waals surface area (Å²) in [6.07, 6.45) is 10.4. The normalized spacial score (nSPS) is 11.9. The predicted octanol–water partition coefficient (Wildman–Crippen LogP) is 4.63. The van der Waals surface area contributed by atoms with Crippen molar-refractivity contribution >= 4 is 5.97 Å². The Bertz CT molecular complexity index is 229. The topological polar surface area (TPSA) is 26.3 Å². The van der Waals surface area contributed by atoms with Crippen LogP contribution in [0.1, 0.15) is 72.6 Å². The highest BCUT2D eigenvalue weighted by molar-refractivity contribution is 5.82. The first-order valence-electron chi connectivity index (χ1n) is 6.94. The molecule has 0 aliphatic rings. The summed E-state index contributed by atoms with van der Waals surface area (Å²) < 4.78 is 5.06. The molecule has 0 amide bonds. The maximum atomic E-state index is 11.3. The number of esters is 1. The van der Waals surface area contributed by atoms with Gasteiger partial charge in [0, 0.05) is 6.08 Å². The fourth-order valence-corrected chi connectivity index (χ4v) is 1.72. The van der Waals surface area contributed by atoms with Crippen molar-refractivity contribution in [3.8, 4) is 0 Å². The van der Waals surface area contributed by atoms with Gasteiger partial charge >= 0.3 is 5.97 Å². The summed E-state index contributed by atoms with van der Waals surface area (Å²) in [5.74, 6) is -0.205. The number of allylic oxidation sites excluding steroid dienone is 1. The fourth-order valence-electron chi connectivity index (χ4n) is 1.72. The van der Waals surface area contributed by atoms with Gasteiger partial charge in [-0.15, -0.1) is 0 Å². The third-order valence-corrected chi connectivity index (χ3v) is 2.64. The summed E-state index contributed by atoms with van der Waals surface area (Å²) in [4.78, 5) is 11.3. The molecule has 0 saturated heterocycles. The summed E-state index contributed by atoms with van der Waals surface area (Å²) >= 11 is 0. The highest BCUT2D eigenvalue weighted by Gasteiger charge is 2.02. The highest BCUT2D eigenvalue weighted by Crippen LogP contribution is 2.11. The van der Waals surface area contributed by atoms with Crippen molar-refractivity contribution in [3.05, 3.63) is 11.6 Å². The second-order valence-corrected chi connectivity index (χ2v) is 4.99. The lowest BCUT2D eigenvalue weighted by Crippen LogP contribution is -2.08. The maximum absolute atomic E-state index is 11.3. The zero-order chi connectivity index (χ0) is 13.1. The number of hydrogen-bond acceptors (Lipinski definition) is 2. The number of unbranched alkanes of at least 4 members (excludes halogenated alkanes) is 5. The Morgan fingerprint density at radius 1 is 1.12 bits per heavy atom. The lowest BCUT2D eigenvalue weighted by Gasteiger charge is -2.06. The molecule has 0 aromatic heterocycles. The zero-order valence-corrected chi connectivity index (χ0v) is 11.9. The minimum atomic E-state index is -0.205. The van der Waals surface area contributed by atoms with E-state index in [1.165, 1.54) is 38.5 Å². The van der Waals surface area contributed by atoms with Crippen molar-refractivity contribution in [2.24, 2.45) is 0 Å². The van der Waals surface area contributed by atoms with Gasteiger partial charge in [0.15, 0.2) is 0 Å². The van der Waals surface area contributed by atoms with E-state index < -0.39 is 0 Å². The Morgan fingerprint density at radius 2 is 1.71 bits per heavy atom. The minimum Gasteiger partial charge on any atom is -0.460 e. The van der Waals surface area contributed by atoms with E-state index in [0.29, 0.717) is 0 Å². The van der Waals surface area contributed by atoms with Gasteiger partial charge in [-0.2, -0.15) is 0 Å². The molecule has 17 heavy (non-hydrogen) atoms. The van der Waals surface area contributed by atoms with E-state index in [4.69, 9.17) is 4.74 Å². The first kappa shape index (κ1) is 16.2. The number of rotatable bonds is 9. The molecule has 0 bridgehead atoms. The number of ether oxygens (including phenoxy) is 1. The number of carbonyl (C=O) groups is 1. The SMILES string of the molecule is CCCCCCCC/C(C)=C/C(=O)OC(C)C. The monoisotopic (exact) mass is 240 g/mol. The fraction of sp³-hybridized carbons (Fsp3) is 0.800. The summed E-state index contributed by atoms with van der Waals surface area (Å²) in [5.41, 5.74) is 1.13. The van der Waals surface area contributed by atoms with Gasteiger partial charge in [0.2, 0.25) is 0 Å². The van der Waals surface area contributed by atoms with Crippen LogP contribution in [0.2, 0.25) is 0 Å². The van der Waals surface area contributed by atoms with Crippen LogP contribution in [0, 0.1) is 0 Å². The molecule has 0 aliphatic carbocycles. The van der Waals surface area contributed by atoms with E-state index in [2.05, 4.69) is 6.92 Å². The van der Waals surface area contributed by atoms with E-state index in [1.54, 1.807) is 6.08 Å². The molecular weight excluding hydrogens is 212 g/mol. The molecule has 0 radical (unpaired) electrons. The van der Waals surface area contributed by atoms with Gasteiger partial charge in [0.1, 0.15) is 0 Å². The van der Waals surface area contributed by atoms with Crippen molar-refractivity contribution in [1.82, 2.24) is 0 Å². The standard InChI is InChI=1S/C15H28O2/c1-5-6-7-8-9-10-11-14(4)12-15(16)17-13(2)3/h12-13H,5-11H2,1-4H3/b14-12+. The average molecular weight is 240 g/mol. The molecular formula is C15H28O2. The molecule has 0 aromatic rings. The van der Waals surface area contributed by atoms with E-state index in [-0.39, 0.29) is 12.1 Å². The molecule has 0 aromatic carbocycles. The van der Waals surface area contributed by atoms with Crippen LogP contribution in [-0.2, 0) is 9.53 Å². The van der Waals surface area contributed by atoms with E-state index in [1.807, 2.05) is 20.8 Å². The first-order chi connectivity index (χ1) is 8.06. The van der Waals surface area contributed by atoms with Crippen molar-refractivity contribution in [3.63, 3.8) is 0 Å². The van der Waals surface area contributed by atoms with Crippen LogP contribution in [0.3, 0.4) is 0 Å². The molecule has 0 unspecified atom stereocenters. The van der Waals surface area contributed by atoms with Crippen LogP contribution < -0.4 is 0 Å². The molecule has 100 valence electrons. The number of carbonyl (C=O) groups excluding carboxylic acids is 1. The third kappa shape index (κ3) is 11.5. The lowest BCUT2D eigenvalue weighted by molar-refractivity contribution is -0.141. The third-order valence-electron chi connectivity index (χ3n) is 2.64. The van der Waals surface area contributed by atoms with Crippen LogP contribution in [0.25, 0.3) is 0 Å². The lowest BCUT2D eigenvalue weighted by atomic mass is 10.1. The van der Waals surface area contributed by atoms with Gasteiger partial charge in [-0.25, -0.2) is 4.79 Å². The second kappa shape index (κ2) is 10.4. The van der Waals surface area contributed by atoms with E-state index in [9.17, 15) is 4.79 Å². The van der Waals surface area contributed by atoms with Crippen LogP contribution in [0.4, 0.5) is 0 Å². The molecule has 0 N–H and O–H groups in total. The molecule has 0 heterocycles. The average Bonchev–Trinajstić information content (AvgIpc) is 2.21. The zero-order valence-electron chi connectivity index (χ0n) is 11.9. The van der Waals surface area contributed by atoms with Gasteiger partial charge in [-0.05, 0) is 33.6 Å². The van der Waals surface area contributed by atoms with Crippen molar-refractivity contribution in [2.75, 3.05) is 0 Å². The van der Waals surface area contributed by atoms with Gasteiger partial charge in [0.05, 0.1) is 6.10 Å². The first-order valence-corrected chi connectivity index (χ1v) is 6.94. The largest absolute Gasteiger partial charge is 0.460 e. The van der Waals surface area contributed by atoms with Crippen molar-refractivity contribution in [1.29, 1.82) is 0 Å². The second-order valence-electron chi connectivity index (χ2n) is 4.99. The van der Waals surface area contributed by atoms with Crippen molar-refractivity contribution in [2.45, 2.75) is 78.7 Å². The molecule has 2 nitrogen and oxygen atoms in total. The molecule has 0 spiro atoms. The van der Waals surface area contributed by atoms with Crippen LogP contribution in [0.5, 0.6) is 0 Å². The Kier molecular flexibility index (Phi) is 9.89. The number of hydrogen-bond donors (Lipinski definition) is 0. The molecule has 0 atom stereocenters. The van der Waals surface area contributed by atoms with Crippen LogP contribution in [0.15, 0.2) is 11.6 Å². The molecule has 0 fully saturated rings. The van der Waals surface area contributed by atoms with Gasteiger partial charge < -0.3 is 4.74 Å². The maximum Gasteiger partial charge on any atom is 0.330 e. The summed E-state index contributed by atoms with van der Waals surface area (Å²) in [7, 11) is 0. The van der Waals surface area contributed by atoms with Gasteiger partial charge in [-0.3, -0.25) is 0 Å². The molecule has 0 rings (SSSR count). The molecule has 0 saturated carbocycles. The van der Waals surface area contributed by atoms with Gasteiger partial charge in [-0.1, -0.05) is 44.6 Å². The Morgan fingerprint density at radius 3 is 2.29 bits per heavy atom. The van der Waals surface area contributed by atoms with Gasteiger partial charge in [0.25, 0.3) is 0 Å². The predicted molar refractivity (Wildman–Crippen MR) is 73.0 cm³/mol. The highest BCUT2D eigenvalue weighted by atomic mass is 16.5. The van der Waals surface area contributed by atoms with Crippen LogP contribution >= 0.6 is 0 Å². The van der Waals surface area contributed by atoms with Crippen molar-refractivity contribution < 1.29 is 9.53 Å². The van der Waals surface area contributed by atoms with E-state index >= 15 is 0 Å². The summed E-state index contributed by atoms with van der Waals surface area (Å²) in [6, 6.07) is 0. The smallest absolute Gasteiger partial charge is 0.330 e. The Labute approximate surface area is 106 Å². The molecule has 0 aliphatic heterocycles. The Balaban J connectivity index is 3.60. The summed E-state index contributed by atoms with van der Waals surface area (Å²) in [5, 5.41) is 0. The minimum absolute atomic E-state index is 0.0272. The van der Waals surface area contributed by atoms with E-state index in [0.717, 1.165) is 12.0 Å².